The minimum atomic E-state index is 0.227. The Balaban J connectivity index is 1.93. The van der Waals surface area contributed by atoms with Gasteiger partial charge in [0.1, 0.15) is 5.82 Å². The fourth-order valence-corrected chi connectivity index (χ4v) is 3.43. The Morgan fingerprint density at radius 3 is 2.82 bits per heavy atom. The van der Waals surface area contributed by atoms with E-state index in [-0.39, 0.29) is 11.8 Å². The summed E-state index contributed by atoms with van der Waals surface area (Å²) < 4.78 is 2.31. The number of likely N-dealkylation sites (tertiary alicyclic amines) is 1. The maximum absolute atomic E-state index is 12.3. The maximum atomic E-state index is 12.3. The number of aryl methyl sites for hydroxylation is 1. The van der Waals surface area contributed by atoms with Gasteiger partial charge in [-0.25, -0.2) is 4.98 Å². The average molecular weight is 299 g/mol. The van der Waals surface area contributed by atoms with Crippen LogP contribution in [0.25, 0.3) is 11.0 Å². The summed E-state index contributed by atoms with van der Waals surface area (Å²) in [6.45, 7) is 9.13. The van der Waals surface area contributed by atoms with Gasteiger partial charge in [0, 0.05) is 32.0 Å². The molecule has 1 saturated heterocycles. The van der Waals surface area contributed by atoms with Crippen molar-refractivity contribution in [2.24, 2.45) is 5.92 Å². The van der Waals surface area contributed by atoms with Crippen LogP contribution in [-0.4, -0.2) is 33.4 Å². The number of aromatic nitrogens is 2. The number of rotatable bonds is 5. The first kappa shape index (κ1) is 15.1. The summed E-state index contributed by atoms with van der Waals surface area (Å²) in [5.74, 6) is 2.10. The van der Waals surface area contributed by atoms with Crippen molar-refractivity contribution in [3.63, 3.8) is 0 Å². The molecule has 22 heavy (non-hydrogen) atoms. The van der Waals surface area contributed by atoms with Crippen molar-refractivity contribution in [2.45, 2.75) is 46.1 Å². The third-order valence-electron chi connectivity index (χ3n) is 4.30. The first-order valence-electron chi connectivity index (χ1n) is 8.33. The Bertz CT molecular complexity index is 674. The van der Waals surface area contributed by atoms with E-state index in [1.807, 2.05) is 11.0 Å². The summed E-state index contributed by atoms with van der Waals surface area (Å²) in [5, 5.41) is 0. The molecule has 0 unspecified atom stereocenters. The van der Waals surface area contributed by atoms with E-state index in [2.05, 4.69) is 43.5 Å². The van der Waals surface area contributed by atoms with Crippen LogP contribution in [0.4, 0.5) is 0 Å². The van der Waals surface area contributed by atoms with Crippen LogP contribution >= 0.6 is 0 Å². The van der Waals surface area contributed by atoms with Gasteiger partial charge in [0.25, 0.3) is 0 Å². The summed E-state index contributed by atoms with van der Waals surface area (Å²) >= 11 is 0. The Morgan fingerprint density at radius 1 is 1.32 bits per heavy atom. The van der Waals surface area contributed by atoms with Crippen LogP contribution in [0, 0.1) is 5.92 Å². The van der Waals surface area contributed by atoms with E-state index in [0.29, 0.717) is 12.3 Å². The van der Waals surface area contributed by atoms with Crippen molar-refractivity contribution in [2.75, 3.05) is 13.1 Å². The molecule has 4 nitrogen and oxygen atoms in total. The third kappa shape index (κ3) is 2.74. The van der Waals surface area contributed by atoms with Gasteiger partial charge in [0.2, 0.25) is 5.91 Å². The summed E-state index contributed by atoms with van der Waals surface area (Å²) in [4.78, 5) is 19.1. The lowest BCUT2D eigenvalue weighted by atomic mass is 10.1. The van der Waals surface area contributed by atoms with E-state index in [0.717, 1.165) is 37.4 Å². The van der Waals surface area contributed by atoms with Crippen LogP contribution in [0.3, 0.4) is 0 Å². The quantitative estimate of drug-likeness (QED) is 0.848. The van der Waals surface area contributed by atoms with Gasteiger partial charge in [0.15, 0.2) is 0 Å². The zero-order chi connectivity index (χ0) is 15.7. The molecule has 3 rings (SSSR count). The lowest BCUT2D eigenvalue weighted by molar-refractivity contribution is -0.128. The van der Waals surface area contributed by atoms with Crippen molar-refractivity contribution in [3.8, 4) is 0 Å². The number of carbonyl (C=O) groups is 1. The van der Waals surface area contributed by atoms with Crippen molar-refractivity contribution in [1.82, 2.24) is 14.5 Å². The van der Waals surface area contributed by atoms with Crippen LogP contribution in [0.15, 0.2) is 24.3 Å². The molecule has 1 fully saturated rings. The minimum Gasteiger partial charge on any atom is -0.342 e. The number of imidazole rings is 1. The van der Waals surface area contributed by atoms with Gasteiger partial charge in [-0.1, -0.05) is 32.9 Å². The number of nitrogens with zero attached hydrogens (tertiary/aromatic N) is 3. The standard InChI is InChI=1S/C18H25N3O/c1-4-9-21-16-8-6-5-7-15(16)19-18(21)14-10-17(22)20(12-14)11-13(2)3/h5-8,13-14H,4,9-12H2,1-3H3/t14-/m0/s1. The number of fused-ring (bicyclic) bond motifs is 1. The lowest BCUT2D eigenvalue weighted by Crippen LogP contribution is -2.29. The van der Waals surface area contributed by atoms with Crippen LogP contribution in [0.1, 0.15) is 45.4 Å². The van der Waals surface area contributed by atoms with Crippen LogP contribution in [-0.2, 0) is 11.3 Å². The van der Waals surface area contributed by atoms with Crippen molar-refractivity contribution < 1.29 is 4.79 Å². The molecule has 1 atom stereocenters. The van der Waals surface area contributed by atoms with E-state index in [9.17, 15) is 4.79 Å². The summed E-state index contributed by atoms with van der Waals surface area (Å²) in [6, 6.07) is 8.28. The largest absolute Gasteiger partial charge is 0.342 e. The highest BCUT2D eigenvalue weighted by Crippen LogP contribution is 2.30. The zero-order valence-electron chi connectivity index (χ0n) is 13.7. The van der Waals surface area contributed by atoms with E-state index in [1.165, 1.54) is 5.52 Å². The SMILES string of the molecule is CCCn1c([C@H]2CC(=O)N(CC(C)C)C2)nc2ccccc21. The smallest absolute Gasteiger partial charge is 0.223 e. The molecule has 0 radical (unpaired) electrons. The van der Waals surface area contributed by atoms with Crippen LogP contribution < -0.4 is 0 Å². The van der Waals surface area contributed by atoms with Gasteiger partial charge in [-0.3, -0.25) is 4.79 Å². The molecule has 1 amide bonds. The topological polar surface area (TPSA) is 38.1 Å². The number of carbonyl (C=O) groups excluding carboxylic acids is 1. The zero-order valence-corrected chi connectivity index (χ0v) is 13.7. The summed E-state index contributed by atoms with van der Waals surface area (Å²) in [6.07, 6.45) is 1.67. The molecule has 1 aromatic heterocycles. The Labute approximate surface area is 132 Å². The monoisotopic (exact) mass is 299 g/mol. The number of hydrogen-bond donors (Lipinski definition) is 0. The van der Waals surface area contributed by atoms with E-state index >= 15 is 0 Å². The molecule has 0 N–H and O–H groups in total. The molecular weight excluding hydrogens is 274 g/mol. The second-order valence-corrected chi connectivity index (χ2v) is 6.70. The minimum absolute atomic E-state index is 0.227. The molecule has 0 spiro atoms. The molecule has 0 saturated carbocycles. The first-order valence-corrected chi connectivity index (χ1v) is 8.33. The summed E-state index contributed by atoms with van der Waals surface area (Å²) in [7, 11) is 0. The molecule has 118 valence electrons. The molecule has 2 heterocycles. The van der Waals surface area contributed by atoms with Crippen molar-refractivity contribution >= 4 is 16.9 Å². The van der Waals surface area contributed by atoms with Gasteiger partial charge in [-0.2, -0.15) is 0 Å². The van der Waals surface area contributed by atoms with Gasteiger partial charge >= 0.3 is 0 Å². The van der Waals surface area contributed by atoms with Gasteiger partial charge in [-0.05, 0) is 24.5 Å². The Kier molecular flexibility index (Phi) is 4.19. The normalized spacial score (nSPS) is 18.8. The number of benzene rings is 1. The molecule has 1 aliphatic heterocycles. The predicted octanol–water partition coefficient (Wildman–Crippen LogP) is 3.42. The van der Waals surface area contributed by atoms with Gasteiger partial charge in [-0.15, -0.1) is 0 Å². The van der Waals surface area contributed by atoms with Gasteiger partial charge in [0.05, 0.1) is 11.0 Å². The van der Waals surface area contributed by atoms with Crippen LogP contribution in [0.2, 0.25) is 0 Å². The second-order valence-electron chi connectivity index (χ2n) is 6.70. The summed E-state index contributed by atoms with van der Waals surface area (Å²) in [5.41, 5.74) is 2.23. The number of amides is 1. The number of para-hydroxylation sites is 2. The van der Waals surface area contributed by atoms with Crippen molar-refractivity contribution in [1.29, 1.82) is 0 Å². The molecule has 4 heteroatoms. The second kappa shape index (κ2) is 6.11. The third-order valence-corrected chi connectivity index (χ3v) is 4.30. The van der Waals surface area contributed by atoms with E-state index in [1.54, 1.807) is 0 Å². The predicted molar refractivity (Wildman–Crippen MR) is 88.8 cm³/mol. The highest BCUT2D eigenvalue weighted by atomic mass is 16.2. The fraction of sp³-hybridized carbons (Fsp3) is 0.556. The van der Waals surface area contributed by atoms with Crippen molar-refractivity contribution in [3.05, 3.63) is 30.1 Å². The molecule has 0 bridgehead atoms. The van der Waals surface area contributed by atoms with E-state index < -0.39 is 0 Å². The molecule has 1 aliphatic rings. The average Bonchev–Trinajstić information content (AvgIpc) is 3.01. The lowest BCUT2D eigenvalue weighted by Gasteiger charge is -2.19. The Hall–Kier alpha value is -1.84. The van der Waals surface area contributed by atoms with Gasteiger partial charge < -0.3 is 9.47 Å². The first-order chi connectivity index (χ1) is 10.6. The number of hydrogen-bond acceptors (Lipinski definition) is 2. The van der Waals surface area contributed by atoms with E-state index in [4.69, 9.17) is 4.98 Å². The maximum Gasteiger partial charge on any atom is 0.223 e. The van der Waals surface area contributed by atoms with Crippen LogP contribution in [0.5, 0.6) is 0 Å². The molecule has 1 aromatic carbocycles. The highest BCUT2D eigenvalue weighted by molar-refractivity contribution is 5.80. The highest BCUT2D eigenvalue weighted by Gasteiger charge is 2.33. The Morgan fingerprint density at radius 2 is 2.09 bits per heavy atom. The molecule has 0 aliphatic carbocycles. The molecule has 2 aromatic rings. The molecular formula is C18H25N3O. The fourth-order valence-electron chi connectivity index (χ4n) is 3.43.